The standard InChI is InChI=1S/C15H12F3N3O2/c16-15(17,18)9-20-13(22)10-4-6-11(7-5-10)21-14(23)12-3-1-2-8-19-12/h1-8H,9H2,(H,20,22)(H,21,23). The topological polar surface area (TPSA) is 71.1 Å². The molecule has 0 atom stereocenters. The lowest BCUT2D eigenvalue weighted by Gasteiger charge is -2.09. The summed E-state index contributed by atoms with van der Waals surface area (Å²) in [6.07, 6.45) is -2.99. The number of carbonyl (C=O) groups is 2. The summed E-state index contributed by atoms with van der Waals surface area (Å²) in [6.45, 7) is -1.40. The number of alkyl halides is 3. The third-order valence-electron chi connectivity index (χ3n) is 2.75. The molecule has 2 aromatic rings. The van der Waals surface area contributed by atoms with E-state index in [9.17, 15) is 22.8 Å². The first kappa shape index (κ1) is 16.5. The van der Waals surface area contributed by atoms with Crippen molar-refractivity contribution in [3.8, 4) is 0 Å². The Morgan fingerprint density at radius 3 is 2.26 bits per heavy atom. The van der Waals surface area contributed by atoms with Crippen molar-refractivity contribution in [1.29, 1.82) is 0 Å². The van der Waals surface area contributed by atoms with Crippen molar-refractivity contribution >= 4 is 17.5 Å². The fraction of sp³-hybridized carbons (Fsp3) is 0.133. The van der Waals surface area contributed by atoms with Gasteiger partial charge in [0, 0.05) is 17.4 Å². The van der Waals surface area contributed by atoms with Crippen molar-refractivity contribution in [3.05, 3.63) is 59.9 Å². The van der Waals surface area contributed by atoms with E-state index < -0.39 is 24.5 Å². The molecule has 1 heterocycles. The number of anilines is 1. The molecular weight excluding hydrogens is 311 g/mol. The molecule has 0 aliphatic carbocycles. The summed E-state index contributed by atoms with van der Waals surface area (Å²) in [5.74, 6) is -1.27. The van der Waals surface area contributed by atoms with E-state index in [4.69, 9.17) is 0 Å². The Balaban J connectivity index is 1.97. The first-order valence-corrected chi connectivity index (χ1v) is 6.52. The molecule has 8 heteroatoms. The van der Waals surface area contributed by atoms with Gasteiger partial charge in [0.1, 0.15) is 12.2 Å². The van der Waals surface area contributed by atoms with Crippen LogP contribution in [0.1, 0.15) is 20.8 Å². The number of nitrogens with one attached hydrogen (secondary N) is 2. The molecule has 120 valence electrons. The summed E-state index contributed by atoms with van der Waals surface area (Å²) < 4.78 is 36.1. The highest BCUT2D eigenvalue weighted by atomic mass is 19.4. The average molecular weight is 323 g/mol. The van der Waals surface area contributed by atoms with E-state index in [1.165, 1.54) is 36.5 Å². The first-order chi connectivity index (χ1) is 10.8. The van der Waals surface area contributed by atoms with Gasteiger partial charge in [-0.2, -0.15) is 13.2 Å². The summed E-state index contributed by atoms with van der Waals surface area (Å²) in [5.41, 5.74) is 0.678. The van der Waals surface area contributed by atoms with Gasteiger partial charge in [0.25, 0.3) is 11.8 Å². The molecule has 0 radical (unpaired) electrons. The number of benzene rings is 1. The zero-order valence-electron chi connectivity index (χ0n) is 11.7. The highest BCUT2D eigenvalue weighted by molar-refractivity contribution is 6.03. The molecule has 0 unspecified atom stereocenters. The van der Waals surface area contributed by atoms with E-state index >= 15 is 0 Å². The average Bonchev–Trinajstić information content (AvgIpc) is 2.53. The maximum absolute atomic E-state index is 12.0. The molecule has 1 aromatic carbocycles. The molecule has 2 N–H and O–H groups in total. The maximum atomic E-state index is 12.0. The van der Waals surface area contributed by atoms with Gasteiger partial charge in [-0.25, -0.2) is 0 Å². The number of rotatable bonds is 4. The molecule has 1 aromatic heterocycles. The Morgan fingerprint density at radius 1 is 1.00 bits per heavy atom. The summed E-state index contributed by atoms with van der Waals surface area (Å²) >= 11 is 0. The third kappa shape index (κ3) is 5.10. The molecular formula is C15H12F3N3O2. The smallest absolute Gasteiger partial charge is 0.343 e. The minimum atomic E-state index is -4.47. The Bertz CT molecular complexity index is 685. The van der Waals surface area contributed by atoms with E-state index in [-0.39, 0.29) is 11.3 Å². The van der Waals surface area contributed by atoms with Crippen LogP contribution in [0.3, 0.4) is 0 Å². The largest absolute Gasteiger partial charge is 0.405 e. The summed E-state index contributed by atoms with van der Waals surface area (Å²) in [6, 6.07) is 10.3. The van der Waals surface area contributed by atoms with Crippen LogP contribution in [0.4, 0.5) is 18.9 Å². The Labute approximate surface area is 129 Å². The van der Waals surface area contributed by atoms with E-state index in [1.807, 2.05) is 0 Å². The Hall–Kier alpha value is -2.90. The highest BCUT2D eigenvalue weighted by Gasteiger charge is 2.27. The van der Waals surface area contributed by atoms with E-state index in [2.05, 4.69) is 10.3 Å². The van der Waals surface area contributed by atoms with Crippen LogP contribution in [0.15, 0.2) is 48.7 Å². The van der Waals surface area contributed by atoms with Crippen molar-refractivity contribution in [2.75, 3.05) is 11.9 Å². The van der Waals surface area contributed by atoms with E-state index in [0.717, 1.165) is 0 Å². The van der Waals surface area contributed by atoms with Gasteiger partial charge in [-0.1, -0.05) is 6.07 Å². The predicted molar refractivity (Wildman–Crippen MR) is 77.0 cm³/mol. The van der Waals surface area contributed by atoms with Gasteiger partial charge in [0.15, 0.2) is 0 Å². The van der Waals surface area contributed by atoms with Crippen LogP contribution >= 0.6 is 0 Å². The SMILES string of the molecule is O=C(NCC(F)(F)F)c1ccc(NC(=O)c2ccccn2)cc1. The number of hydrogen-bond acceptors (Lipinski definition) is 3. The van der Waals surface area contributed by atoms with Gasteiger partial charge in [0.2, 0.25) is 0 Å². The second kappa shape index (κ2) is 6.91. The second-order valence-electron chi connectivity index (χ2n) is 4.54. The molecule has 0 aliphatic heterocycles. The monoisotopic (exact) mass is 323 g/mol. The minimum Gasteiger partial charge on any atom is -0.343 e. The van der Waals surface area contributed by atoms with Crippen molar-refractivity contribution in [2.45, 2.75) is 6.18 Å². The van der Waals surface area contributed by atoms with Gasteiger partial charge in [0.05, 0.1) is 0 Å². The highest BCUT2D eigenvalue weighted by Crippen LogP contribution is 2.14. The number of aromatic nitrogens is 1. The van der Waals surface area contributed by atoms with Crippen molar-refractivity contribution in [1.82, 2.24) is 10.3 Å². The zero-order chi connectivity index (χ0) is 16.9. The van der Waals surface area contributed by atoms with Crippen LogP contribution in [0.2, 0.25) is 0 Å². The Morgan fingerprint density at radius 2 is 1.70 bits per heavy atom. The van der Waals surface area contributed by atoms with Crippen LogP contribution in [0.25, 0.3) is 0 Å². The summed E-state index contributed by atoms with van der Waals surface area (Å²) in [4.78, 5) is 27.3. The molecule has 0 bridgehead atoms. The first-order valence-electron chi connectivity index (χ1n) is 6.52. The fourth-order valence-corrected chi connectivity index (χ4v) is 1.68. The molecule has 0 saturated heterocycles. The molecule has 2 amide bonds. The lowest BCUT2D eigenvalue weighted by atomic mass is 10.2. The van der Waals surface area contributed by atoms with Crippen LogP contribution in [0.5, 0.6) is 0 Å². The number of carbonyl (C=O) groups excluding carboxylic acids is 2. The lowest BCUT2D eigenvalue weighted by molar-refractivity contribution is -0.123. The van der Waals surface area contributed by atoms with Gasteiger partial charge in [-0.05, 0) is 36.4 Å². The molecule has 5 nitrogen and oxygen atoms in total. The number of halogens is 3. The molecule has 0 saturated carbocycles. The van der Waals surface area contributed by atoms with Gasteiger partial charge < -0.3 is 10.6 Å². The van der Waals surface area contributed by atoms with Gasteiger partial charge in [-0.15, -0.1) is 0 Å². The maximum Gasteiger partial charge on any atom is 0.405 e. The van der Waals surface area contributed by atoms with Crippen LogP contribution in [-0.4, -0.2) is 29.5 Å². The van der Waals surface area contributed by atoms with E-state index in [1.54, 1.807) is 17.4 Å². The van der Waals surface area contributed by atoms with E-state index in [0.29, 0.717) is 5.69 Å². The van der Waals surface area contributed by atoms with Crippen molar-refractivity contribution < 1.29 is 22.8 Å². The Kier molecular flexibility index (Phi) is 4.95. The van der Waals surface area contributed by atoms with Crippen LogP contribution < -0.4 is 10.6 Å². The number of amides is 2. The summed E-state index contributed by atoms with van der Waals surface area (Å²) in [7, 11) is 0. The van der Waals surface area contributed by atoms with Crippen LogP contribution in [-0.2, 0) is 0 Å². The normalized spacial score (nSPS) is 10.9. The van der Waals surface area contributed by atoms with Crippen molar-refractivity contribution in [2.24, 2.45) is 0 Å². The lowest BCUT2D eigenvalue weighted by Crippen LogP contribution is -2.33. The molecule has 0 fully saturated rings. The predicted octanol–water partition coefficient (Wildman–Crippen LogP) is 2.63. The summed E-state index contributed by atoms with van der Waals surface area (Å²) in [5, 5.41) is 4.33. The minimum absolute atomic E-state index is 0.0603. The quantitative estimate of drug-likeness (QED) is 0.908. The molecule has 0 aliphatic rings. The number of pyridine rings is 1. The molecule has 0 spiro atoms. The number of hydrogen-bond donors (Lipinski definition) is 2. The third-order valence-corrected chi connectivity index (χ3v) is 2.75. The second-order valence-corrected chi connectivity index (χ2v) is 4.54. The van der Waals surface area contributed by atoms with Gasteiger partial charge >= 0.3 is 6.18 Å². The fourth-order valence-electron chi connectivity index (χ4n) is 1.68. The number of nitrogens with zero attached hydrogens (tertiary/aromatic N) is 1. The molecule has 23 heavy (non-hydrogen) atoms. The molecule has 2 rings (SSSR count). The van der Waals surface area contributed by atoms with Crippen LogP contribution in [0, 0.1) is 0 Å². The van der Waals surface area contributed by atoms with Crippen molar-refractivity contribution in [3.63, 3.8) is 0 Å². The zero-order valence-corrected chi connectivity index (χ0v) is 11.7. The van der Waals surface area contributed by atoms with Gasteiger partial charge in [-0.3, -0.25) is 14.6 Å².